The molecule has 1 amide bonds. The molecule has 0 saturated carbocycles. The zero-order valence-corrected chi connectivity index (χ0v) is 11.5. The van der Waals surface area contributed by atoms with Gasteiger partial charge in [-0.05, 0) is 18.1 Å². The Kier molecular flexibility index (Phi) is 4.62. The Bertz CT molecular complexity index is 710. The lowest BCUT2D eigenvalue weighted by Gasteiger charge is -2.04. The summed E-state index contributed by atoms with van der Waals surface area (Å²) < 4.78 is 1.82. The zero-order chi connectivity index (χ0) is 15.2. The van der Waals surface area contributed by atoms with Crippen molar-refractivity contribution in [1.29, 1.82) is 0 Å². The van der Waals surface area contributed by atoms with E-state index in [9.17, 15) is 9.59 Å². The van der Waals surface area contributed by atoms with Crippen LogP contribution in [0.15, 0.2) is 30.5 Å². The molecule has 0 aliphatic rings. The van der Waals surface area contributed by atoms with Crippen molar-refractivity contribution in [3.8, 4) is 12.3 Å². The standard InChI is InChI=1S/C16H16N2O3/c1-2-9-17-15(19)11-18-10-12(7-8-16(20)21)13-5-3-4-6-14(13)18/h1,3-6,10H,7-9,11H2,(H,17,19)(H,20,21). The molecular weight excluding hydrogens is 268 g/mol. The van der Waals surface area contributed by atoms with Crippen molar-refractivity contribution in [1.82, 2.24) is 9.88 Å². The van der Waals surface area contributed by atoms with E-state index in [2.05, 4.69) is 11.2 Å². The van der Waals surface area contributed by atoms with Gasteiger partial charge in [-0.2, -0.15) is 0 Å². The SMILES string of the molecule is C#CCNC(=O)Cn1cc(CCC(=O)O)c2ccccc21. The first kappa shape index (κ1) is 14.7. The van der Waals surface area contributed by atoms with Gasteiger partial charge in [0.05, 0.1) is 6.54 Å². The predicted octanol–water partition coefficient (Wildman–Crippen LogP) is 1.41. The van der Waals surface area contributed by atoms with Crippen LogP contribution in [0.1, 0.15) is 12.0 Å². The minimum absolute atomic E-state index is 0.0668. The van der Waals surface area contributed by atoms with Crippen LogP contribution in [0.3, 0.4) is 0 Å². The van der Waals surface area contributed by atoms with Gasteiger partial charge in [-0.25, -0.2) is 0 Å². The van der Waals surface area contributed by atoms with Crippen LogP contribution in [0.25, 0.3) is 10.9 Å². The van der Waals surface area contributed by atoms with Crippen LogP contribution < -0.4 is 5.32 Å². The molecule has 0 unspecified atom stereocenters. The van der Waals surface area contributed by atoms with Crippen molar-refractivity contribution in [2.24, 2.45) is 0 Å². The number of aromatic nitrogens is 1. The van der Waals surface area contributed by atoms with Gasteiger partial charge in [-0.3, -0.25) is 9.59 Å². The highest BCUT2D eigenvalue weighted by atomic mass is 16.4. The van der Waals surface area contributed by atoms with Gasteiger partial charge in [0.15, 0.2) is 0 Å². The summed E-state index contributed by atoms with van der Waals surface area (Å²) in [6, 6.07) is 7.63. The second-order valence-corrected chi connectivity index (χ2v) is 4.67. The second kappa shape index (κ2) is 6.62. The topological polar surface area (TPSA) is 71.3 Å². The van der Waals surface area contributed by atoms with Crippen molar-refractivity contribution in [2.75, 3.05) is 6.54 Å². The summed E-state index contributed by atoms with van der Waals surface area (Å²) >= 11 is 0. The molecular formula is C16H16N2O3. The van der Waals surface area contributed by atoms with Crippen LogP contribution in [0.5, 0.6) is 0 Å². The van der Waals surface area contributed by atoms with E-state index in [-0.39, 0.29) is 25.4 Å². The fourth-order valence-electron chi connectivity index (χ4n) is 2.25. The van der Waals surface area contributed by atoms with Gasteiger partial charge in [0.1, 0.15) is 6.54 Å². The summed E-state index contributed by atoms with van der Waals surface area (Å²) in [6.07, 6.45) is 7.45. The largest absolute Gasteiger partial charge is 0.481 e. The maximum Gasteiger partial charge on any atom is 0.303 e. The number of terminal acetylenes is 1. The fourth-order valence-corrected chi connectivity index (χ4v) is 2.25. The van der Waals surface area contributed by atoms with Crippen molar-refractivity contribution in [3.05, 3.63) is 36.0 Å². The van der Waals surface area contributed by atoms with Crippen LogP contribution in [-0.4, -0.2) is 28.1 Å². The number of hydrogen-bond acceptors (Lipinski definition) is 2. The first-order valence-electron chi connectivity index (χ1n) is 6.60. The van der Waals surface area contributed by atoms with Crippen LogP contribution in [-0.2, 0) is 22.6 Å². The maximum atomic E-state index is 11.8. The number of carboxylic acids is 1. The van der Waals surface area contributed by atoms with Crippen molar-refractivity contribution < 1.29 is 14.7 Å². The summed E-state index contributed by atoms with van der Waals surface area (Å²) in [5.41, 5.74) is 1.84. The molecule has 1 heterocycles. The smallest absolute Gasteiger partial charge is 0.303 e. The normalized spacial score (nSPS) is 10.2. The van der Waals surface area contributed by atoms with Crippen LogP contribution in [0.2, 0.25) is 0 Å². The summed E-state index contributed by atoms with van der Waals surface area (Å²) in [7, 11) is 0. The van der Waals surface area contributed by atoms with Crippen molar-refractivity contribution in [2.45, 2.75) is 19.4 Å². The Morgan fingerprint density at radius 1 is 1.33 bits per heavy atom. The molecule has 1 aromatic carbocycles. The van der Waals surface area contributed by atoms with Crippen molar-refractivity contribution >= 4 is 22.8 Å². The highest BCUT2D eigenvalue weighted by molar-refractivity contribution is 5.86. The van der Waals surface area contributed by atoms with E-state index in [1.54, 1.807) is 0 Å². The van der Waals surface area contributed by atoms with Crippen molar-refractivity contribution in [3.63, 3.8) is 0 Å². The number of hydrogen-bond donors (Lipinski definition) is 2. The Labute approximate surface area is 122 Å². The first-order chi connectivity index (χ1) is 10.1. The molecule has 0 aliphatic heterocycles. The molecule has 2 N–H and O–H groups in total. The number of carbonyl (C=O) groups excluding carboxylic acids is 1. The molecule has 0 spiro atoms. The Morgan fingerprint density at radius 2 is 2.10 bits per heavy atom. The van der Waals surface area contributed by atoms with Crippen LogP contribution in [0.4, 0.5) is 0 Å². The van der Waals surface area contributed by atoms with Gasteiger partial charge in [0.25, 0.3) is 0 Å². The average molecular weight is 284 g/mol. The Hall–Kier alpha value is -2.74. The number of benzene rings is 1. The zero-order valence-electron chi connectivity index (χ0n) is 11.5. The quantitative estimate of drug-likeness (QED) is 0.788. The van der Waals surface area contributed by atoms with Crippen LogP contribution >= 0.6 is 0 Å². The molecule has 0 saturated heterocycles. The van der Waals surface area contributed by atoms with Gasteiger partial charge in [0, 0.05) is 23.5 Å². The van der Waals surface area contributed by atoms with Gasteiger partial charge in [-0.15, -0.1) is 6.42 Å². The summed E-state index contributed by atoms with van der Waals surface area (Å²) in [5, 5.41) is 12.4. The highest BCUT2D eigenvalue weighted by Crippen LogP contribution is 2.22. The maximum absolute atomic E-state index is 11.8. The number of amides is 1. The lowest BCUT2D eigenvalue weighted by Crippen LogP contribution is -2.27. The number of nitrogens with zero attached hydrogens (tertiary/aromatic N) is 1. The number of rotatable bonds is 6. The van der Waals surface area contributed by atoms with E-state index < -0.39 is 5.97 Å². The first-order valence-corrected chi connectivity index (χ1v) is 6.60. The number of carboxylic acid groups (broad SMARTS) is 1. The summed E-state index contributed by atoms with van der Waals surface area (Å²) in [6.45, 7) is 0.360. The fraction of sp³-hybridized carbons (Fsp3) is 0.250. The number of nitrogens with one attached hydrogen (secondary N) is 1. The van der Waals surface area contributed by atoms with E-state index >= 15 is 0 Å². The molecule has 1 aromatic heterocycles. The minimum Gasteiger partial charge on any atom is -0.481 e. The van der Waals surface area contributed by atoms with Crippen LogP contribution in [0, 0.1) is 12.3 Å². The lowest BCUT2D eigenvalue weighted by molar-refractivity contribution is -0.137. The van der Waals surface area contributed by atoms with E-state index in [4.69, 9.17) is 11.5 Å². The molecule has 0 atom stereocenters. The molecule has 0 fully saturated rings. The molecule has 108 valence electrons. The third-order valence-corrected chi connectivity index (χ3v) is 3.18. The van der Waals surface area contributed by atoms with Gasteiger partial charge in [-0.1, -0.05) is 24.1 Å². The Balaban J connectivity index is 2.25. The minimum atomic E-state index is -0.835. The van der Waals surface area contributed by atoms with Gasteiger partial charge >= 0.3 is 5.97 Å². The van der Waals surface area contributed by atoms with Gasteiger partial charge in [0.2, 0.25) is 5.91 Å². The van der Waals surface area contributed by atoms with E-state index in [1.165, 1.54) is 0 Å². The molecule has 2 aromatic rings. The monoisotopic (exact) mass is 284 g/mol. The van der Waals surface area contributed by atoms with E-state index in [1.807, 2.05) is 35.0 Å². The number of aliphatic carboxylic acids is 1. The number of para-hydroxylation sites is 1. The van der Waals surface area contributed by atoms with E-state index in [0.29, 0.717) is 6.42 Å². The molecule has 5 nitrogen and oxygen atoms in total. The number of aryl methyl sites for hydroxylation is 1. The predicted molar refractivity (Wildman–Crippen MR) is 79.7 cm³/mol. The average Bonchev–Trinajstić information content (AvgIpc) is 2.81. The molecule has 21 heavy (non-hydrogen) atoms. The highest BCUT2D eigenvalue weighted by Gasteiger charge is 2.11. The Morgan fingerprint density at radius 3 is 2.81 bits per heavy atom. The third-order valence-electron chi connectivity index (χ3n) is 3.18. The molecule has 2 rings (SSSR count). The summed E-state index contributed by atoms with van der Waals surface area (Å²) in [4.78, 5) is 22.5. The number of fused-ring (bicyclic) bond motifs is 1. The molecule has 0 aliphatic carbocycles. The summed E-state index contributed by atoms with van der Waals surface area (Å²) in [5.74, 6) is 1.35. The number of carbonyl (C=O) groups is 2. The van der Waals surface area contributed by atoms with E-state index in [0.717, 1.165) is 16.5 Å². The lowest BCUT2D eigenvalue weighted by atomic mass is 10.1. The molecule has 5 heteroatoms. The third kappa shape index (κ3) is 3.63. The molecule has 0 radical (unpaired) electrons. The molecule has 0 bridgehead atoms. The van der Waals surface area contributed by atoms with Gasteiger partial charge < -0.3 is 15.0 Å². The second-order valence-electron chi connectivity index (χ2n) is 4.67.